The van der Waals surface area contributed by atoms with Gasteiger partial charge in [-0.3, -0.25) is 4.79 Å². The molecule has 0 aromatic rings. The molecule has 0 aliphatic rings. The maximum Gasteiger partial charge on any atom is 0.249 e. The standard InChI is InChI=1S/C12H23F2NO.2H2/c1-4-7-8-11(16)15-10(5-2)9-12(13,14)6-3;;/h10H,4-9H2,1-3H3,(H,15,16);2*1H. The first-order valence-corrected chi connectivity index (χ1v) is 6.12. The van der Waals surface area contributed by atoms with E-state index in [0.717, 1.165) is 12.8 Å². The van der Waals surface area contributed by atoms with Gasteiger partial charge in [0.25, 0.3) is 0 Å². The van der Waals surface area contributed by atoms with Crippen LogP contribution in [0.2, 0.25) is 0 Å². The van der Waals surface area contributed by atoms with Gasteiger partial charge in [-0.05, 0) is 12.8 Å². The zero-order chi connectivity index (χ0) is 12.6. The first kappa shape index (κ1) is 15.3. The van der Waals surface area contributed by atoms with Gasteiger partial charge in [0, 0.05) is 28.2 Å². The summed E-state index contributed by atoms with van der Waals surface area (Å²) in [5.41, 5.74) is 0. The highest BCUT2D eigenvalue weighted by molar-refractivity contribution is 5.76. The molecule has 1 atom stereocenters. The van der Waals surface area contributed by atoms with Gasteiger partial charge < -0.3 is 5.32 Å². The zero-order valence-corrected chi connectivity index (χ0v) is 10.5. The van der Waals surface area contributed by atoms with Crippen molar-refractivity contribution in [1.29, 1.82) is 0 Å². The summed E-state index contributed by atoms with van der Waals surface area (Å²) in [6.07, 6.45) is 2.31. The van der Waals surface area contributed by atoms with E-state index in [4.69, 9.17) is 0 Å². The van der Waals surface area contributed by atoms with Crippen LogP contribution in [0, 0.1) is 0 Å². The molecule has 0 aromatic carbocycles. The van der Waals surface area contributed by atoms with Crippen LogP contribution in [0.25, 0.3) is 0 Å². The van der Waals surface area contributed by atoms with Crippen LogP contribution >= 0.6 is 0 Å². The molecule has 16 heavy (non-hydrogen) atoms. The Morgan fingerprint density at radius 3 is 2.44 bits per heavy atom. The molecule has 0 bridgehead atoms. The Morgan fingerprint density at radius 2 is 2.00 bits per heavy atom. The van der Waals surface area contributed by atoms with E-state index in [-0.39, 0.29) is 21.6 Å². The van der Waals surface area contributed by atoms with Gasteiger partial charge in [0.15, 0.2) is 0 Å². The van der Waals surface area contributed by atoms with Crippen molar-refractivity contribution >= 4 is 5.91 Å². The average molecular weight is 239 g/mol. The molecular weight excluding hydrogens is 212 g/mol. The summed E-state index contributed by atoms with van der Waals surface area (Å²) < 4.78 is 26.3. The lowest BCUT2D eigenvalue weighted by atomic mass is 10.0. The van der Waals surface area contributed by atoms with Crippen LogP contribution in [0.15, 0.2) is 0 Å². The third-order valence-corrected chi connectivity index (χ3v) is 2.68. The molecule has 0 aliphatic carbocycles. The molecule has 100 valence electrons. The number of hydrogen-bond acceptors (Lipinski definition) is 1. The van der Waals surface area contributed by atoms with E-state index in [1.54, 1.807) is 0 Å². The maximum absolute atomic E-state index is 13.1. The lowest BCUT2D eigenvalue weighted by Crippen LogP contribution is -2.38. The minimum absolute atomic E-state index is 0. The van der Waals surface area contributed by atoms with E-state index < -0.39 is 12.0 Å². The summed E-state index contributed by atoms with van der Waals surface area (Å²) in [7, 11) is 0. The number of alkyl halides is 2. The first-order valence-electron chi connectivity index (χ1n) is 6.12. The van der Waals surface area contributed by atoms with E-state index >= 15 is 0 Å². The van der Waals surface area contributed by atoms with Crippen LogP contribution in [0.4, 0.5) is 8.78 Å². The minimum atomic E-state index is -2.67. The summed E-state index contributed by atoms with van der Waals surface area (Å²) in [5, 5.41) is 2.67. The third-order valence-electron chi connectivity index (χ3n) is 2.68. The van der Waals surface area contributed by atoms with E-state index in [9.17, 15) is 13.6 Å². The van der Waals surface area contributed by atoms with E-state index in [0.29, 0.717) is 12.8 Å². The molecule has 0 saturated carbocycles. The summed E-state index contributed by atoms with van der Waals surface area (Å²) >= 11 is 0. The first-order chi connectivity index (χ1) is 7.45. The number of halogens is 2. The van der Waals surface area contributed by atoms with Crippen molar-refractivity contribution in [2.75, 3.05) is 0 Å². The van der Waals surface area contributed by atoms with Gasteiger partial charge in [-0.1, -0.05) is 27.2 Å². The van der Waals surface area contributed by atoms with Crippen molar-refractivity contribution in [2.45, 2.75) is 71.3 Å². The fourth-order valence-corrected chi connectivity index (χ4v) is 1.44. The number of hydrogen-bond donors (Lipinski definition) is 1. The van der Waals surface area contributed by atoms with Gasteiger partial charge in [0.05, 0.1) is 0 Å². The molecule has 0 aliphatic heterocycles. The highest BCUT2D eigenvalue weighted by Crippen LogP contribution is 2.25. The van der Waals surface area contributed by atoms with Crippen LogP contribution in [-0.2, 0) is 4.79 Å². The lowest BCUT2D eigenvalue weighted by Gasteiger charge is -2.22. The number of unbranched alkanes of at least 4 members (excludes halogenated alkanes) is 1. The van der Waals surface area contributed by atoms with Crippen LogP contribution in [0.1, 0.15) is 62.1 Å². The molecule has 1 unspecified atom stereocenters. The highest BCUT2D eigenvalue weighted by atomic mass is 19.3. The maximum atomic E-state index is 13.1. The number of carbonyl (C=O) groups excluding carboxylic acids is 1. The SMILES string of the molecule is CCCCC(=O)NC(CC)CC(F)(F)CC.[HH].[HH]. The van der Waals surface area contributed by atoms with E-state index in [1.165, 1.54) is 6.92 Å². The van der Waals surface area contributed by atoms with E-state index in [2.05, 4.69) is 5.32 Å². The number of nitrogens with one attached hydrogen (secondary N) is 1. The van der Waals surface area contributed by atoms with Gasteiger partial charge >= 0.3 is 0 Å². The molecule has 0 radical (unpaired) electrons. The summed E-state index contributed by atoms with van der Waals surface area (Å²) in [4.78, 5) is 11.4. The van der Waals surface area contributed by atoms with Crippen LogP contribution in [0.3, 0.4) is 0 Å². The van der Waals surface area contributed by atoms with Crippen molar-refractivity contribution in [3.05, 3.63) is 0 Å². The van der Waals surface area contributed by atoms with Crippen LogP contribution < -0.4 is 5.32 Å². The average Bonchev–Trinajstić information content (AvgIpc) is 2.25. The van der Waals surface area contributed by atoms with Gasteiger partial charge in [-0.15, -0.1) is 0 Å². The van der Waals surface area contributed by atoms with E-state index in [1.807, 2.05) is 13.8 Å². The molecule has 0 spiro atoms. The number of rotatable bonds is 8. The topological polar surface area (TPSA) is 29.1 Å². The molecule has 0 fully saturated rings. The number of amides is 1. The van der Waals surface area contributed by atoms with Crippen molar-refractivity contribution in [3.8, 4) is 0 Å². The molecule has 4 heteroatoms. The summed E-state index contributed by atoms with van der Waals surface area (Å²) in [6.45, 7) is 5.28. The van der Waals surface area contributed by atoms with Crippen LogP contribution in [0.5, 0.6) is 0 Å². The normalized spacial score (nSPS) is 13.6. The highest BCUT2D eigenvalue weighted by Gasteiger charge is 2.30. The Bertz CT molecular complexity index is 216. The smallest absolute Gasteiger partial charge is 0.249 e. The predicted octanol–water partition coefficient (Wildman–Crippen LogP) is 4.00. The van der Waals surface area contributed by atoms with Crippen molar-refractivity contribution < 1.29 is 16.4 Å². The molecule has 1 amide bonds. The van der Waals surface area contributed by atoms with Crippen molar-refractivity contribution in [3.63, 3.8) is 0 Å². The molecule has 0 heterocycles. The summed E-state index contributed by atoms with van der Waals surface area (Å²) in [5.74, 6) is -2.78. The minimum Gasteiger partial charge on any atom is -0.353 e. The fraction of sp³-hybridized carbons (Fsp3) is 0.917. The summed E-state index contributed by atoms with van der Waals surface area (Å²) in [6, 6.07) is -0.403. The Balaban J connectivity index is -0.00000112. The Labute approximate surface area is 99.8 Å². The quantitative estimate of drug-likeness (QED) is 0.681. The largest absolute Gasteiger partial charge is 0.353 e. The zero-order valence-electron chi connectivity index (χ0n) is 10.5. The molecule has 0 rings (SSSR count). The van der Waals surface area contributed by atoms with Gasteiger partial charge in [-0.25, -0.2) is 8.78 Å². The second-order valence-corrected chi connectivity index (χ2v) is 4.19. The Morgan fingerprint density at radius 1 is 1.38 bits per heavy atom. The van der Waals surface area contributed by atoms with Crippen molar-refractivity contribution in [2.24, 2.45) is 0 Å². The number of carbonyl (C=O) groups is 1. The Hall–Kier alpha value is -0.670. The van der Waals surface area contributed by atoms with Gasteiger partial charge in [0.2, 0.25) is 11.8 Å². The molecular formula is C12H27F2NO. The lowest BCUT2D eigenvalue weighted by molar-refractivity contribution is -0.122. The molecule has 2 nitrogen and oxygen atoms in total. The Kier molecular flexibility index (Phi) is 7.26. The van der Waals surface area contributed by atoms with Crippen molar-refractivity contribution in [1.82, 2.24) is 5.32 Å². The predicted molar refractivity (Wildman–Crippen MR) is 65.8 cm³/mol. The fourth-order valence-electron chi connectivity index (χ4n) is 1.44. The molecule has 0 aromatic heterocycles. The second-order valence-electron chi connectivity index (χ2n) is 4.19. The van der Waals surface area contributed by atoms with Gasteiger partial charge in [0.1, 0.15) is 0 Å². The van der Waals surface area contributed by atoms with Crippen LogP contribution in [-0.4, -0.2) is 17.9 Å². The third kappa shape index (κ3) is 6.75. The molecule has 0 saturated heterocycles. The van der Waals surface area contributed by atoms with Gasteiger partial charge in [-0.2, -0.15) is 0 Å². The monoisotopic (exact) mass is 239 g/mol. The second kappa shape index (κ2) is 7.58. The molecule has 1 N–H and O–H groups in total.